The molecule has 2 rings (SSSR count). The van der Waals surface area contributed by atoms with E-state index in [-0.39, 0.29) is 11.8 Å². The molecule has 1 aromatic rings. The van der Waals surface area contributed by atoms with Crippen molar-refractivity contribution in [2.45, 2.75) is 12.8 Å². The molecule has 2 N–H and O–H groups in total. The van der Waals surface area contributed by atoms with Crippen molar-refractivity contribution in [1.82, 2.24) is 0 Å². The SMILES string of the molecule is N#Cc1cccc(N2CCCC(C(N)=O)C2)c1. The lowest BCUT2D eigenvalue weighted by atomic mass is 9.97. The first-order valence-electron chi connectivity index (χ1n) is 5.75. The molecule has 1 atom stereocenters. The molecule has 4 nitrogen and oxygen atoms in total. The maximum Gasteiger partial charge on any atom is 0.222 e. The number of hydrogen-bond acceptors (Lipinski definition) is 3. The van der Waals surface area contributed by atoms with Crippen LogP contribution in [-0.4, -0.2) is 19.0 Å². The van der Waals surface area contributed by atoms with Crippen molar-refractivity contribution in [1.29, 1.82) is 5.26 Å². The Morgan fingerprint density at radius 2 is 2.35 bits per heavy atom. The van der Waals surface area contributed by atoms with E-state index in [0.717, 1.165) is 25.1 Å². The molecule has 0 radical (unpaired) electrons. The highest BCUT2D eigenvalue weighted by atomic mass is 16.1. The number of amides is 1. The van der Waals surface area contributed by atoms with Gasteiger partial charge in [-0.05, 0) is 31.0 Å². The summed E-state index contributed by atoms with van der Waals surface area (Å²) in [5.74, 6) is -0.305. The Morgan fingerprint density at radius 3 is 3.06 bits per heavy atom. The maximum absolute atomic E-state index is 11.2. The molecular weight excluding hydrogens is 214 g/mol. The van der Waals surface area contributed by atoms with Gasteiger partial charge in [0.1, 0.15) is 0 Å². The molecule has 1 fully saturated rings. The standard InChI is InChI=1S/C13H15N3O/c14-8-10-3-1-5-12(7-10)16-6-2-4-11(9-16)13(15)17/h1,3,5,7,11H,2,4,6,9H2,(H2,15,17). The van der Waals surface area contributed by atoms with Gasteiger partial charge < -0.3 is 10.6 Å². The van der Waals surface area contributed by atoms with E-state index < -0.39 is 0 Å². The van der Waals surface area contributed by atoms with Crippen LogP contribution < -0.4 is 10.6 Å². The lowest BCUT2D eigenvalue weighted by Crippen LogP contribution is -2.41. The number of nitrogens with two attached hydrogens (primary N) is 1. The van der Waals surface area contributed by atoms with Gasteiger partial charge in [0, 0.05) is 18.8 Å². The largest absolute Gasteiger partial charge is 0.371 e. The highest BCUT2D eigenvalue weighted by Gasteiger charge is 2.24. The van der Waals surface area contributed by atoms with Gasteiger partial charge in [-0.3, -0.25) is 4.79 Å². The van der Waals surface area contributed by atoms with Crippen LogP contribution in [0.5, 0.6) is 0 Å². The molecule has 1 aromatic carbocycles. The predicted molar refractivity (Wildman–Crippen MR) is 65.3 cm³/mol. The first-order valence-corrected chi connectivity index (χ1v) is 5.75. The monoisotopic (exact) mass is 229 g/mol. The van der Waals surface area contributed by atoms with Gasteiger partial charge in [-0.15, -0.1) is 0 Å². The average Bonchev–Trinajstić information content (AvgIpc) is 2.39. The number of nitriles is 1. The second-order valence-corrected chi connectivity index (χ2v) is 4.35. The van der Waals surface area contributed by atoms with Gasteiger partial charge in [0.05, 0.1) is 17.6 Å². The number of carbonyl (C=O) groups excluding carboxylic acids is 1. The van der Waals surface area contributed by atoms with E-state index in [1.54, 1.807) is 6.07 Å². The van der Waals surface area contributed by atoms with E-state index in [9.17, 15) is 4.79 Å². The molecule has 1 saturated heterocycles. The summed E-state index contributed by atoms with van der Waals surface area (Å²) < 4.78 is 0. The van der Waals surface area contributed by atoms with E-state index in [2.05, 4.69) is 11.0 Å². The zero-order valence-corrected chi connectivity index (χ0v) is 9.60. The second kappa shape index (κ2) is 4.88. The minimum absolute atomic E-state index is 0.0745. The molecule has 4 heteroatoms. The molecule has 0 aliphatic carbocycles. The Bertz CT molecular complexity index is 464. The van der Waals surface area contributed by atoms with Crippen LogP contribution in [-0.2, 0) is 4.79 Å². The maximum atomic E-state index is 11.2. The lowest BCUT2D eigenvalue weighted by Gasteiger charge is -2.33. The summed E-state index contributed by atoms with van der Waals surface area (Å²) in [4.78, 5) is 13.3. The molecule has 0 bridgehead atoms. The van der Waals surface area contributed by atoms with Crippen LogP contribution in [0, 0.1) is 17.2 Å². The fourth-order valence-corrected chi connectivity index (χ4v) is 2.22. The van der Waals surface area contributed by atoms with Crippen LogP contribution in [0.2, 0.25) is 0 Å². The van der Waals surface area contributed by atoms with Crippen LogP contribution >= 0.6 is 0 Å². The molecule has 0 saturated carbocycles. The fourth-order valence-electron chi connectivity index (χ4n) is 2.22. The van der Waals surface area contributed by atoms with Gasteiger partial charge >= 0.3 is 0 Å². The van der Waals surface area contributed by atoms with Gasteiger partial charge in [-0.2, -0.15) is 5.26 Å². The number of anilines is 1. The summed E-state index contributed by atoms with van der Waals surface area (Å²) in [6, 6.07) is 9.57. The summed E-state index contributed by atoms with van der Waals surface area (Å²) in [7, 11) is 0. The molecule has 1 aliphatic heterocycles. The topological polar surface area (TPSA) is 70.1 Å². The number of piperidine rings is 1. The smallest absolute Gasteiger partial charge is 0.222 e. The summed E-state index contributed by atoms with van der Waals surface area (Å²) in [6.45, 7) is 1.57. The van der Waals surface area contributed by atoms with Crippen molar-refractivity contribution >= 4 is 11.6 Å². The van der Waals surface area contributed by atoms with Crippen molar-refractivity contribution in [3.05, 3.63) is 29.8 Å². The zero-order chi connectivity index (χ0) is 12.3. The Balaban J connectivity index is 2.16. The van der Waals surface area contributed by atoms with Crippen LogP contribution in [0.3, 0.4) is 0 Å². The first kappa shape index (κ1) is 11.5. The van der Waals surface area contributed by atoms with Crippen molar-refractivity contribution in [2.75, 3.05) is 18.0 Å². The van der Waals surface area contributed by atoms with Crippen molar-refractivity contribution in [2.24, 2.45) is 11.7 Å². The quantitative estimate of drug-likeness (QED) is 0.830. The number of nitrogens with zero attached hydrogens (tertiary/aromatic N) is 2. The van der Waals surface area contributed by atoms with Gasteiger partial charge in [0.25, 0.3) is 0 Å². The fraction of sp³-hybridized carbons (Fsp3) is 0.385. The normalized spacial score (nSPS) is 19.7. The zero-order valence-electron chi connectivity index (χ0n) is 9.60. The van der Waals surface area contributed by atoms with Crippen LogP contribution in [0.25, 0.3) is 0 Å². The summed E-state index contributed by atoms with van der Waals surface area (Å²) in [5, 5.41) is 8.86. The van der Waals surface area contributed by atoms with E-state index >= 15 is 0 Å². The van der Waals surface area contributed by atoms with E-state index in [4.69, 9.17) is 11.0 Å². The first-order chi connectivity index (χ1) is 8.20. The van der Waals surface area contributed by atoms with Gasteiger partial charge in [-0.1, -0.05) is 6.07 Å². The molecule has 1 aliphatic rings. The van der Waals surface area contributed by atoms with Crippen molar-refractivity contribution in [3.8, 4) is 6.07 Å². The van der Waals surface area contributed by atoms with Crippen LogP contribution in [0.4, 0.5) is 5.69 Å². The molecular formula is C13H15N3O. The molecule has 0 spiro atoms. The number of hydrogen-bond donors (Lipinski definition) is 1. The second-order valence-electron chi connectivity index (χ2n) is 4.35. The van der Waals surface area contributed by atoms with Crippen molar-refractivity contribution < 1.29 is 4.79 Å². The molecule has 1 heterocycles. The number of carbonyl (C=O) groups is 1. The number of primary amides is 1. The van der Waals surface area contributed by atoms with Crippen molar-refractivity contribution in [3.63, 3.8) is 0 Å². The molecule has 1 amide bonds. The minimum atomic E-state index is -0.230. The van der Waals surface area contributed by atoms with Crippen LogP contribution in [0.15, 0.2) is 24.3 Å². The Morgan fingerprint density at radius 1 is 1.53 bits per heavy atom. The molecule has 1 unspecified atom stereocenters. The highest BCUT2D eigenvalue weighted by molar-refractivity contribution is 5.77. The third kappa shape index (κ3) is 2.56. The van der Waals surface area contributed by atoms with E-state index in [1.807, 2.05) is 18.2 Å². The minimum Gasteiger partial charge on any atom is -0.371 e. The number of rotatable bonds is 2. The van der Waals surface area contributed by atoms with E-state index in [1.165, 1.54) is 0 Å². The summed E-state index contributed by atoms with van der Waals surface area (Å²) >= 11 is 0. The third-order valence-electron chi connectivity index (χ3n) is 3.16. The summed E-state index contributed by atoms with van der Waals surface area (Å²) in [5.41, 5.74) is 6.98. The summed E-state index contributed by atoms with van der Waals surface area (Å²) in [6.07, 6.45) is 1.83. The number of benzene rings is 1. The Labute approximate surface area is 101 Å². The lowest BCUT2D eigenvalue weighted by molar-refractivity contribution is -0.122. The van der Waals surface area contributed by atoms with Crippen LogP contribution in [0.1, 0.15) is 18.4 Å². The average molecular weight is 229 g/mol. The molecule has 0 aromatic heterocycles. The van der Waals surface area contributed by atoms with Gasteiger partial charge in [-0.25, -0.2) is 0 Å². The predicted octanol–water partition coefficient (Wildman–Crippen LogP) is 1.26. The van der Waals surface area contributed by atoms with E-state index in [0.29, 0.717) is 12.1 Å². The Hall–Kier alpha value is -2.02. The molecule has 88 valence electrons. The third-order valence-corrected chi connectivity index (χ3v) is 3.16. The highest BCUT2D eigenvalue weighted by Crippen LogP contribution is 2.23. The molecule has 17 heavy (non-hydrogen) atoms. The Kier molecular flexibility index (Phi) is 3.29. The van der Waals surface area contributed by atoms with Gasteiger partial charge in [0.2, 0.25) is 5.91 Å². The van der Waals surface area contributed by atoms with Gasteiger partial charge in [0.15, 0.2) is 0 Å².